The van der Waals surface area contributed by atoms with Gasteiger partial charge in [-0.25, -0.2) is 15.6 Å². The Labute approximate surface area is 324 Å². The normalized spacial score (nSPS) is 28.6. The first-order chi connectivity index (χ1) is 25.9. The Kier molecular flexibility index (Phi) is 16.8. The van der Waals surface area contributed by atoms with E-state index in [0.29, 0.717) is 38.8 Å². The molecule has 7 amide bonds. The standard InChI is InChI=1S/C37H63N9O9/c1-19(2)16-24-31(48)43-29(22(7)8)36(53)45-26(12-10-14-39-45)32(49)42-25(17-20(3)4)35(52)46-27(13-11-15-40-46)37(54)55-23(9)30(34(51)41-24)44-33(50)28(21(5)6)38-18-47/h18-30,39-40H,10-17H2,1-9H3,(H,38,47)(H,41,51)(H,42,49)(H,43,48)(H,44,50). The number of hydrogen-bond donors (Lipinski definition) is 7. The zero-order chi connectivity index (χ0) is 41.1. The van der Waals surface area contributed by atoms with Crippen LogP contribution < -0.4 is 37.4 Å². The molecule has 8 unspecified atom stereocenters. The lowest BCUT2D eigenvalue weighted by atomic mass is 9.97. The van der Waals surface area contributed by atoms with Gasteiger partial charge in [0.25, 0.3) is 11.8 Å². The number of nitrogens with zero attached hydrogens (tertiary/aromatic N) is 2. The molecule has 3 saturated heterocycles. The van der Waals surface area contributed by atoms with Crippen LogP contribution in [0.2, 0.25) is 0 Å². The fraction of sp³-hybridized carbons (Fsp3) is 0.784. The van der Waals surface area contributed by atoms with Crippen LogP contribution in [0.1, 0.15) is 101 Å². The number of nitrogens with one attached hydrogen (secondary N) is 7. The van der Waals surface area contributed by atoms with E-state index in [1.165, 1.54) is 11.9 Å². The van der Waals surface area contributed by atoms with Crippen molar-refractivity contribution < 1.29 is 43.1 Å². The highest BCUT2D eigenvalue weighted by molar-refractivity contribution is 5.97. The van der Waals surface area contributed by atoms with E-state index in [1.807, 2.05) is 27.7 Å². The van der Waals surface area contributed by atoms with Gasteiger partial charge in [0.15, 0.2) is 0 Å². The summed E-state index contributed by atoms with van der Waals surface area (Å²) in [6.45, 7) is 16.5. The summed E-state index contributed by atoms with van der Waals surface area (Å²) >= 11 is 0. The van der Waals surface area contributed by atoms with Gasteiger partial charge in [0.1, 0.15) is 48.4 Å². The van der Waals surface area contributed by atoms with Crippen molar-refractivity contribution >= 4 is 47.8 Å². The maximum atomic E-state index is 14.3. The summed E-state index contributed by atoms with van der Waals surface area (Å²) in [5.74, 6) is -5.84. The minimum atomic E-state index is -1.55. The summed E-state index contributed by atoms with van der Waals surface area (Å²) in [5.41, 5.74) is 6.00. The van der Waals surface area contributed by atoms with E-state index in [0.717, 1.165) is 5.01 Å². The first-order valence-electron chi connectivity index (χ1n) is 19.6. The molecule has 0 bridgehead atoms. The van der Waals surface area contributed by atoms with E-state index in [2.05, 4.69) is 37.4 Å². The summed E-state index contributed by atoms with van der Waals surface area (Å²) in [7, 11) is 0. The van der Waals surface area contributed by atoms with Gasteiger partial charge < -0.3 is 31.3 Å². The molecule has 3 heterocycles. The molecule has 18 heteroatoms. The van der Waals surface area contributed by atoms with Gasteiger partial charge in [-0.15, -0.1) is 0 Å². The van der Waals surface area contributed by atoms with Crippen molar-refractivity contribution in [3.05, 3.63) is 0 Å². The Bertz CT molecular complexity index is 1410. The summed E-state index contributed by atoms with van der Waals surface area (Å²) in [6.07, 6.45) is 0.957. The maximum absolute atomic E-state index is 14.3. The van der Waals surface area contributed by atoms with Crippen molar-refractivity contribution in [1.82, 2.24) is 47.5 Å². The van der Waals surface area contributed by atoms with Crippen LogP contribution in [0.3, 0.4) is 0 Å². The Morgan fingerprint density at radius 1 is 0.764 bits per heavy atom. The smallest absolute Gasteiger partial charge is 0.330 e. The lowest BCUT2D eigenvalue weighted by Crippen LogP contribution is -2.66. The number of hydrogen-bond acceptors (Lipinski definition) is 11. The third kappa shape index (κ3) is 12.1. The van der Waals surface area contributed by atoms with Crippen LogP contribution in [0.5, 0.6) is 0 Å². The lowest BCUT2D eigenvalue weighted by molar-refractivity contribution is -0.167. The monoisotopic (exact) mass is 777 g/mol. The van der Waals surface area contributed by atoms with Crippen LogP contribution >= 0.6 is 0 Å². The van der Waals surface area contributed by atoms with Gasteiger partial charge in [0.05, 0.1) is 0 Å². The molecule has 3 fully saturated rings. The number of amides is 7. The molecule has 3 aliphatic heterocycles. The first kappa shape index (κ1) is 45.1. The number of hydrazine groups is 2. The highest BCUT2D eigenvalue weighted by Gasteiger charge is 2.44. The summed E-state index contributed by atoms with van der Waals surface area (Å²) in [4.78, 5) is 110. The summed E-state index contributed by atoms with van der Waals surface area (Å²) < 4.78 is 5.85. The Hall–Kier alpha value is -4.32. The molecule has 3 rings (SSSR count). The molecule has 0 aliphatic carbocycles. The molecule has 18 nitrogen and oxygen atoms in total. The quantitative estimate of drug-likeness (QED) is 0.109. The molecule has 55 heavy (non-hydrogen) atoms. The SMILES string of the molecule is CC(C)CC1NC(=O)C(NC(=O)C(NC=O)C(C)C)C(C)OC(=O)C2CCCNN2C(=O)C(CC(C)C)NC(=O)C2CCCNN2C(=O)C(C(C)C)NC1=O. The highest BCUT2D eigenvalue weighted by atomic mass is 16.5. The van der Waals surface area contributed by atoms with Gasteiger partial charge in [-0.3, -0.25) is 43.6 Å². The first-order valence-corrected chi connectivity index (χ1v) is 19.6. The van der Waals surface area contributed by atoms with Crippen molar-refractivity contribution in [2.45, 2.75) is 149 Å². The molecule has 3 aliphatic rings. The molecule has 0 aromatic carbocycles. The van der Waals surface area contributed by atoms with Gasteiger partial charge in [0, 0.05) is 13.1 Å². The van der Waals surface area contributed by atoms with E-state index in [1.54, 1.807) is 27.7 Å². The van der Waals surface area contributed by atoms with Crippen LogP contribution in [0, 0.1) is 23.7 Å². The number of carbonyl (C=O) groups is 8. The van der Waals surface area contributed by atoms with Crippen LogP contribution in [-0.2, 0) is 43.1 Å². The lowest BCUT2D eigenvalue weighted by Gasteiger charge is -2.40. The second kappa shape index (κ2) is 20.6. The minimum Gasteiger partial charge on any atom is -0.458 e. The molecule has 8 atom stereocenters. The predicted octanol–water partition coefficient (Wildman–Crippen LogP) is -0.619. The van der Waals surface area contributed by atoms with Crippen molar-refractivity contribution in [2.75, 3.05) is 13.1 Å². The van der Waals surface area contributed by atoms with E-state index in [4.69, 9.17) is 4.74 Å². The fourth-order valence-corrected chi connectivity index (χ4v) is 7.03. The maximum Gasteiger partial charge on any atom is 0.330 e. The minimum absolute atomic E-state index is 0.0566. The Morgan fingerprint density at radius 2 is 1.31 bits per heavy atom. The molecule has 0 saturated carbocycles. The third-order valence-electron chi connectivity index (χ3n) is 9.99. The van der Waals surface area contributed by atoms with E-state index in [9.17, 15) is 38.4 Å². The highest BCUT2D eigenvalue weighted by Crippen LogP contribution is 2.21. The number of esters is 1. The Morgan fingerprint density at radius 3 is 1.85 bits per heavy atom. The van der Waals surface area contributed by atoms with Crippen LogP contribution in [0.4, 0.5) is 0 Å². The second-order valence-electron chi connectivity index (χ2n) is 16.3. The number of cyclic esters (lactones) is 1. The van der Waals surface area contributed by atoms with Crippen LogP contribution in [-0.4, -0.2) is 119 Å². The molecule has 0 aromatic heterocycles. The zero-order valence-corrected chi connectivity index (χ0v) is 33.7. The molecular weight excluding hydrogens is 714 g/mol. The molecule has 0 radical (unpaired) electrons. The number of ether oxygens (including phenoxy) is 1. The van der Waals surface area contributed by atoms with Crippen molar-refractivity contribution in [3.63, 3.8) is 0 Å². The fourth-order valence-electron chi connectivity index (χ4n) is 7.03. The summed E-state index contributed by atoms with van der Waals surface area (Å²) in [6, 6.07) is -8.17. The van der Waals surface area contributed by atoms with Gasteiger partial charge >= 0.3 is 5.97 Å². The van der Waals surface area contributed by atoms with E-state index in [-0.39, 0.29) is 37.0 Å². The van der Waals surface area contributed by atoms with Crippen molar-refractivity contribution in [3.8, 4) is 0 Å². The zero-order valence-electron chi connectivity index (χ0n) is 33.7. The van der Waals surface area contributed by atoms with Crippen LogP contribution in [0.25, 0.3) is 0 Å². The van der Waals surface area contributed by atoms with Crippen LogP contribution in [0.15, 0.2) is 0 Å². The molecule has 0 aromatic rings. The second-order valence-corrected chi connectivity index (χ2v) is 16.3. The number of rotatable bonds is 10. The average molecular weight is 778 g/mol. The molecule has 310 valence electrons. The third-order valence-corrected chi connectivity index (χ3v) is 9.99. The van der Waals surface area contributed by atoms with Gasteiger partial charge in [-0.05, 0) is 69.1 Å². The van der Waals surface area contributed by atoms with Gasteiger partial charge in [0.2, 0.25) is 30.0 Å². The van der Waals surface area contributed by atoms with E-state index >= 15 is 0 Å². The molecule has 7 N–H and O–H groups in total. The number of fused-ring (bicyclic) bond motifs is 2. The van der Waals surface area contributed by atoms with Gasteiger partial charge in [-0.1, -0.05) is 55.4 Å². The number of carbonyl (C=O) groups excluding carboxylic acids is 8. The summed E-state index contributed by atoms with van der Waals surface area (Å²) in [5, 5.41) is 15.8. The largest absolute Gasteiger partial charge is 0.458 e. The Balaban J connectivity index is 2.16. The van der Waals surface area contributed by atoms with Crippen molar-refractivity contribution in [2.24, 2.45) is 23.7 Å². The molecule has 0 spiro atoms. The topological polar surface area (TPSA) is 236 Å². The average Bonchev–Trinajstić information content (AvgIpc) is 3.12. The predicted molar refractivity (Wildman–Crippen MR) is 201 cm³/mol. The van der Waals surface area contributed by atoms with E-state index < -0.39 is 95.7 Å². The van der Waals surface area contributed by atoms with Crippen molar-refractivity contribution in [1.29, 1.82) is 0 Å². The molecular formula is C37H63N9O9. The van der Waals surface area contributed by atoms with Gasteiger partial charge in [-0.2, -0.15) is 0 Å².